The van der Waals surface area contributed by atoms with Gasteiger partial charge in [0.05, 0.1) is 12.3 Å². The molecule has 30 heavy (non-hydrogen) atoms. The summed E-state index contributed by atoms with van der Waals surface area (Å²) >= 11 is 7.36. The third-order valence-corrected chi connectivity index (χ3v) is 6.64. The van der Waals surface area contributed by atoms with Gasteiger partial charge in [-0.25, -0.2) is 0 Å². The van der Waals surface area contributed by atoms with E-state index < -0.39 is 0 Å². The molecule has 162 valence electrons. The van der Waals surface area contributed by atoms with Gasteiger partial charge in [0.15, 0.2) is 5.16 Å². The number of likely N-dealkylation sites (N-methyl/N-ethyl adjacent to an activating group) is 1. The Balaban J connectivity index is 1.28. The topological polar surface area (TPSA) is 63.5 Å². The van der Waals surface area contributed by atoms with E-state index in [2.05, 4.69) is 19.7 Å². The Hall–Kier alpha value is -1.93. The van der Waals surface area contributed by atoms with Crippen LogP contribution >= 0.6 is 23.4 Å². The van der Waals surface area contributed by atoms with E-state index in [1.165, 1.54) is 43.9 Å². The van der Waals surface area contributed by atoms with E-state index in [9.17, 15) is 4.79 Å². The molecular weight excluding hydrogens is 422 g/mol. The normalized spacial score (nSPS) is 16.5. The van der Waals surface area contributed by atoms with Crippen LogP contribution in [0.4, 0.5) is 5.95 Å². The minimum absolute atomic E-state index is 0.0598. The summed E-state index contributed by atoms with van der Waals surface area (Å²) in [7, 11) is 1.80. The number of carbonyl (C=O) groups is 1. The Morgan fingerprint density at radius 2 is 1.93 bits per heavy atom. The third kappa shape index (κ3) is 5.40. The average Bonchev–Trinajstić information content (AvgIpc) is 3.52. The van der Waals surface area contributed by atoms with Crippen LogP contribution in [0, 0.1) is 0 Å². The van der Waals surface area contributed by atoms with Crippen molar-refractivity contribution in [1.82, 2.24) is 19.7 Å². The maximum atomic E-state index is 12.6. The van der Waals surface area contributed by atoms with Crippen LogP contribution in [0.15, 0.2) is 29.4 Å². The van der Waals surface area contributed by atoms with Crippen molar-refractivity contribution in [3.63, 3.8) is 0 Å². The molecule has 1 aromatic carbocycles. The second-order valence-corrected chi connectivity index (χ2v) is 9.22. The van der Waals surface area contributed by atoms with Crippen molar-refractivity contribution >= 4 is 35.2 Å². The number of rotatable bonds is 9. The summed E-state index contributed by atoms with van der Waals surface area (Å²) in [4.78, 5) is 16.6. The van der Waals surface area contributed by atoms with E-state index >= 15 is 0 Å². The molecule has 1 aliphatic heterocycles. The summed E-state index contributed by atoms with van der Waals surface area (Å²) < 4.78 is 7.94. The quantitative estimate of drug-likeness (QED) is 0.541. The zero-order valence-corrected chi connectivity index (χ0v) is 18.9. The lowest BCUT2D eigenvalue weighted by Crippen LogP contribution is -2.32. The SMILES string of the molecule is CN(CCOc1ccc(Cl)cc1)C(=O)CSc1nnc(N2CCCCC2)n1C1CC1. The molecule has 0 atom stereocenters. The van der Waals surface area contributed by atoms with Crippen LogP contribution in [0.5, 0.6) is 5.75 Å². The monoisotopic (exact) mass is 449 g/mol. The second-order valence-electron chi connectivity index (χ2n) is 7.84. The first-order valence-corrected chi connectivity index (χ1v) is 11.9. The number of amides is 1. The van der Waals surface area contributed by atoms with Crippen LogP contribution in [-0.2, 0) is 4.79 Å². The van der Waals surface area contributed by atoms with Gasteiger partial charge in [-0.2, -0.15) is 0 Å². The Labute approximate surface area is 186 Å². The Morgan fingerprint density at radius 1 is 1.20 bits per heavy atom. The molecule has 2 aromatic rings. The highest BCUT2D eigenvalue weighted by molar-refractivity contribution is 7.99. The highest BCUT2D eigenvalue weighted by atomic mass is 35.5. The minimum atomic E-state index is 0.0598. The van der Waals surface area contributed by atoms with Crippen LogP contribution in [0.1, 0.15) is 38.1 Å². The summed E-state index contributed by atoms with van der Waals surface area (Å²) in [6.07, 6.45) is 6.05. The zero-order chi connectivity index (χ0) is 20.9. The largest absolute Gasteiger partial charge is 0.492 e. The maximum absolute atomic E-state index is 12.6. The van der Waals surface area contributed by atoms with Gasteiger partial charge in [0.2, 0.25) is 11.9 Å². The third-order valence-electron chi connectivity index (χ3n) is 5.46. The fourth-order valence-corrected chi connectivity index (χ4v) is 4.59. The van der Waals surface area contributed by atoms with Crippen molar-refractivity contribution in [2.75, 3.05) is 43.9 Å². The molecule has 0 radical (unpaired) electrons. The number of halogens is 1. The number of hydrogen-bond acceptors (Lipinski definition) is 6. The van der Waals surface area contributed by atoms with E-state index in [-0.39, 0.29) is 5.91 Å². The molecule has 2 aliphatic rings. The molecule has 0 bridgehead atoms. The number of anilines is 1. The van der Waals surface area contributed by atoms with Crippen molar-refractivity contribution in [2.45, 2.75) is 43.3 Å². The number of aromatic nitrogens is 3. The number of hydrogen-bond donors (Lipinski definition) is 0. The summed E-state index contributed by atoms with van der Waals surface area (Å²) in [5, 5.41) is 10.4. The molecule has 1 saturated heterocycles. The fraction of sp³-hybridized carbons (Fsp3) is 0.571. The summed E-state index contributed by atoms with van der Waals surface area (Å²) in [6, 6.07) is 7.71. The maximum Gasteiger partial charge on any atom is 0.232 e. The molecule has 2 heterocycles. The molecule has 9 heteroatoms. The Kier molecular flexibility index (Phi) is 7.04. The van der Waals surface area contributed by atoms with Crippen LogP contribution in [0.3, 0.4) is 0 Å². The van der Waals surface area contributed by atoms with E-state index in [1.54, 1.807) is 24.1 Å². The minimum Gasteiger partial charge on any atom is -0.492 e. The van der Waals surface area contributed by atoms with Crippen molar-refractivity contribution < 1.29 is 9.53 Å². The molecule has 0 spiro atoms. The number of ether oxygens (including phenoxy) is 1. The molecule has 0 N–H and O–H groups in total. The molecule has 4 rings (SSSR count). The second kappa shape index (κ2) is 9.92. The first-order chi connectivity index (χ1) is 14.6. The van der Waals surface area contributed by atoms with Gasteiger partial charge in [0.1, 0.15) is 12.4 Å². The van der Waals surface area contributed by atoms with Gasteiger partial charge in [-0.3, -0.25) is 9.36 Å². The zero-order valence-electron chi connectivity index (χ0n) is 17.3. The van der Waals surface area contributed by atoms with Crippen LogP contribution in [0.2, 0.25) is 5.02 Å². The first kappa shape index (κ1) is 21.3. The van der Waals surface area contributed by atoms with Crippen molar-refractivity contribution in [3.05, 3.63) is 29.3 Å². The standard InChI is InChI=1S/C21H28ClN5O2S/c1-25(13-14-29-18-9-5-16(22)6-10-18)19(28)15-30-21-24-23-20(27(21)17-7-8-17)26-11-3-2-4-12-26/h5-6,9-10,17H,2-4,7-8,11-15H2,1H3. The van der Waals surface area contributed by atoms with Gasteiger partial charge < -0.3 is 14.5 Å². The van der Waals surface area contributed by atoms with Gasteiger partial charge in [-0.05, 0) is 56.4 Å². The van der Waals surface area contributed by atoms with Crippen molar-refractivity contribution in [1.29, 1.82) is 0 Å². The molecule has 7 nitrogen and oxygen atoms in total. The predicted molar refractivity (Wildman–Crippen MR) is 120 cm³/mol. The summed E-state index contributed by atoms with van der Waals surface area (Å²) in [5.41, 5.74) is 0. The molecule has 1 saturated carbocycles. The van der Waals surface area contributed by atoms with E-state index in [1.807, 2.05) is 12.1 Å². The molecule has 1 amide bonds. The summed E-state index contributed by atoms with van der Waals surface area (Å²) in [5.74, 6) is 2.14. The lowest BCUT2D eigenvalue weighted by Gasteiger charge is -2.27. The van der Waals surface area contributed by atoms with Gasteiger partial charge in [0.25, 0.3) is 0 Å². The van der Waals surface area contributed by atoms with Crippen molar-refractivity contribution in [3.8, 4) is 5.75 Å². The van der Waals surface area contributed by atoms with Gasteiger partial charge in [0, 0.05) is 31.2 Å². The van der Waals surface area contributed by atoms with Gasteiger partial charge >= 0.3 is 0 Å². The smallest absolute Gasteiger partial charge is 0.232 e. The molecule has 1 aliphatic carbocycles. The average molecular weight is 450 g/mol. The molecule has 1 aromatic heterocycles. The van der Waals surface area contributed by atoms with Gasteiger partial charge in [-0.1, -0.05) is 23.4 Å². The lowest BCUT2D eigenvalue weighted by atomic mass is 10.1. The van der Waals surface area contributed by atoms with E-state index in [0.29, 0.717) is 30.0 Å². The van der Waals surface area contributed by atoms with Crippen LogP contribution < -0.4 is 9.64 Å². The summed E-state index contributed by atoms with van der Waals surface area (Å²) in [6.45, 7) is 3.05. The number of nitrogens with zero attached hydrogens (tertiary/aromatic N) is 5. The predicted octanol–water partition coefficient (Wildman–Crippen LogP) is 3.89. The Bertz CT molecular complexity index is 850. The Morgan fingerprint density at radius 3 is 2.63 bits per heavy atom. The highest BCUT2D eigenvalue weighted by Gasteiger charge is 2.32. The van der Waals surface area contributed by atoms with Crippen LogP contribution in [-0.4, -0.2) is 64.6 Å². The molecule has 2 fully saturated rings. The fourth-order valence-electron chi connectivity index (χ4n) is 3.52. The van der Waals surface area contributed by atoms with Gasteiger partial charge in [-0.15, -0.1) is 10.2 Å². The first-order valence-electron chi connectivity index (χ1n) is 10.6. The number of thioether (sulfide) groups is 1. The van der Waals surface area contributed by atoms with E-state index in [0.717, 1.165) is 29.9 Å². The molecule has 0 unspecified atom stereocenters. The number of piperidine rings is 1. The van der Waals surface area contributed by atoms with Crippen LogP contribution in [0.25, 0.3) is 0 Å². The number of benzene rings is 1. The lowest BCUT2D eigenvalue weighted by molar-refractivity contribution is -0.127. The van der Waals surface area contributed by atoms with E-state index in [4.69, 9.17) is 16.3 Å². The number of carbonyl (C=O) groups excluding carboxylic acids is 1. The highest BCUT2D eigenvalue weighted by Crippen LogP contribution is 2.41. The molecular formula is C21H28ClN5O2S. The van der Waals surface area contributed by atoms with Crippen molar-refractivity contribution in [2.24, 2.45) is 0 Å².